The molecule has 3 nitrogen and oxygen atoms in total. The molecular formula is C17H16N2OS. The van der Waals surface area contributed by atoms with E-state index < -0.39 is 0 Å². The van der Waals surface area contributed by atoms with E-state index >= 15 is 0 Å². The van der Waals surface area contributed by atoms with Crippen LogP contribution in [0.25, 0.3) is 0 Å². The zero-order valence-corrected chi connectivity index (χ0v) is 12.7. The van der Waals surface area contributed by atoms with Crippen molar-refractivity contribution in [2.45, 2.75) is 18.2 Å². The van der Waals surface area contributed by atoms with E-state index in [0.717, 1.165) is 16.1 Å². The molecule has 4 heteroatoms. The van der Waals surface area contributed by atoms with Gasteiger partial charge in [-0.1, -0.05) is 24.3 Å². The molecule has 0 unspecified atom stereocenters. The smallest absolute Gasteiger partial charge is 0.258 e. The van der Waals surface area contributed by atoms with Crippen LogP contribution in [0.3, 0.4) is 0 Å². The van der Waals surface area contributed by atoms with E-state index in [4.69, 9.17) is 5.26 Å². The number of carbonyl (C=O) groups excluding carboxylic acids is 1. The summed E-state index contributed by atoms with van der Waals surface area (Å²) in [5.41, 5.74) is 2.31. The van der Waals surface area contributed by atoms with Gasteiger partial charge in [-0.25, -0.2) is 0 Å². The number of hydrogen-bond acceptors (Lipinski definition) is 3. The van der Waals surface area contributed by atoms with E-state index in [9.17, 15) is 4.79 Å². The van der Waals surface area contributed by atoms with Crippen LogP contribution in [0.5, 0.6) is 0 Å². The highest BCUT2D eigenvalue weighted by Gasteiger charge is 2.19. The lowest BCUT2D eigenvalue weighted by atomic mass is 10.1. The summed E-state index contributed by atoms with van der Waals surface area (Å²) in [5, 5.41) is 8.81. The lowest BCUT2D eigenvalue weighted by Gasteiger charge is -2.22. The molecule has 0 bridgehead atoms. The Hall–Kier alpha value is -2.25. The second-order valence-electron chi connectivity index (χ2n) is 4.70. The zero-order chi connectivity index (χ0) is 15.2. The van der Waals surface area contributed by atoms with E-state index in [1.807, 2.05) is 49.4 Å². The maximum atomic E-state index is 12.8. The molecule has 2 rings (SSSR count). The first-order valence-electron chi connectivity index (χ1n) is 6.67. The minimum Gasteiger partial charge on any atom is -0.307 e. The summed E-state index contributed by atoms with van der Waals surface area (Å²) in [4.78, 5) is 15.2. The van der Waals surface area contributed by atoms with Gasteiger partial charge in [0, 0.05) is 22.7 Å². The van der Waals surface area contributed by atoms with Crippen molar-refractivity contribution < 1.29 is 4.79 Å². The fourth-order valence-electron chi connectivity index (χ4n) is 2.10. The Morgan fingerprint density at radius 3 is 2.62 bits per heavy atom. The van der Waals surface area contributed by atoms with Crippen molar-refractivity contribution in [2.24, 2.45) is 0 Å². The van der Waals surface area contributed by atoms with Gasteiger partial charge in [0.25, 0.3) is 5.91 Å². The Kier molecular flexibility index (Phi) is 5.02. The summed E-state index contributed by atoms with van der Waals surface area (Å²) in [6.07, 6.45) is 0.292. The Balaban J connectivity index is 2.39. The van der Waals surface area contributed by atoms with Crippen molar-refractivity contribution in [3.05, 3.63) is 59.7 Å². The lowest BCUT2D eigenvalue weighted by Crippen LogP contribution is -2.32. The summed E-state index contributed by atoms with van der Waals surface area (Å²) in [7, 11) is 0. The lowest BCUT2D eigenvalue weighted by molar-refractivity contribution is 0.0986. The minimum absolute atomic E-state index is 0.107. The summed E-state index contributed by atoms with van der Waals surface area (Å²) in [6, 6.07) is 17.0. The number of para-hydroxylation sites is 1. The van der Waals surface area contributed by atoms with Crippen molar-refractivity contribution in [1.82, 2.24) is 0 Å². The molecule has 2 aromatic carbocycles. The third kappa shape index (κ3) is 3.65. The van der Waals surface area contributed by atoms with Crippen molar-refractivity contribution in [3.8, 4) is 6.07 Å². The second-order valence-corrected chi connectivity index (χ2v) is 5.22. The quantitative estimate of drug-likeness (QED) is 0.871. The highest BCUT2D eigenvalue weighted by molar-refractivity contribution is 7.80. The van der Waals surface area contributed by atoms with Crippen molar-refractivity contribution >= 4 is 24.2 Å². The highest BCUT2D eigenvalue weighted by atomic mass is 32.1. The molecule has 0 heterocycles. The first-order chi connectivity index (χ1) is 10.1. The fraction of sp³-hybridized carbons (Fsp3) is 0.176. The summed E-state index contributed by atoms with van der Waals surface area (Å²) in [5.74, 6) is -0.107. The van der Waals surface area contributed by atoms with Gasteiger partial charge in [-0.15, -0.1) is 12.6 Å². The predicted molar refractivity (Wildman–Crippen MR) is 86.8 cm³/mol. The Morgan fingerprint density at radius 1 is 1.24 bits per heavy atom. The number of amides is 1. The Bertz CT molecular complexity index is 677. The molecule has 0 aliphatic heterocycles. The number of nitrogens with zero attached hydrogens (tertiary/aromatic N) is 2. The van der Waals surface area contributed by atoms with Crippen LogP contribution in [0.1, 0.15) is 22.3 Å². The molecule has 1 amide bonds. The standard InChI is InChI=1S/C17H16N2OS/c1-13-8-9-15(21)12-16(13)17(20)19(11-5-10-18)14-6-3-2-4-7-14/h2-4,6-9,12,21H,5,11H2,1H3. The molecule has 21 heavy (non-hydrogen) atoms. The number of thiol groups is 1. The normalized spacial score (nSPS) is 9.95. The van der Waals surface area contributed by atoms with Crippen LogP contribution in [0.15, 0.2) is 53.4 Å². The van der Waals surface area contributed by atoms with E-state index in [-0.39, 0.29) is 5.91 Å². The first kappa shape index (κ1) is 15.1. The SMILES string of the molecule is Cc1ccc(S)cc1C(=O)N(CCC#N)c1ccccc1. The maximum absolute atomic E-state index is 12.8. The van der Waals surface area contributed by atoms with Gasteiger partial charge in [0.2, 0.25) is 0 Å². The average Bonchev–Trinajstić information content (AvgIpc) is 2.51. The molecule has 0 fully saturated rings. The number of benzene rings is 2. The second kappa shape index (κ2) is 6.96. The zero-order valence-electron chi connectivity index (χ0n) is 11.8. The molecule has 0 atom stereocenters. The molecular weight excluding hydrogens is 280 g/mol. The molecule has 0 spiro atoms. The van der Waals surface area contributed by atoms with Gasteiger partial charge in [-0.2, -0.15) is 5.26 Å². The van der Waals surface area contributed by atoms with Crippen LogP contribution in [0.4, 0.5) is 5.69 Å². The molecule has 0 radical (unpaired) electrons. The van der Waals surface area contributed by atoms with E-state index in [1.165, 1.54) is 0 Å². The first-order valence-corrected chi connectivity index (χ1v) is 7.11. The van der Waals surface area contributed by atoms with Crippen molar-refractivity contribution in [1.29, 1.82) is 5.26 Å². The van der Waals surface area contributed by atoms with Crippen LogP contribution in [0, 0.1) is 18.3 Å². The van der Waals surface area contributed by atoms with Gasteiger partial charge < -0.3 is 4.90 Å². The van der Waals surface area contributed by atoms with Gasteiger partial charge in [-0.05, 0) is 36.8 Å². The fourth-order valence-corrected chi connectivity index (χ4v) is 2.31. The molecule has 0 aliphatic rings. The third-order valence-electron chi connectivity index (χ3n) is 3.21. The van der Waals surface area contributed by atoms with Crippen LogP contribution in [0.2, 0.25) is 0 Å². The number of carbonyl (C=O) groups is 1. The molecule has 0 aliphatic carbocycles. The number of anilines is 1. The monoisotopic (exact) mass is 296 g/mol. The molecule has 0 saturated carbocycles. The molecule has 2 aromatic rings. The van der Waals surface area contributed by atoms with E-state index in [2.05, 4.69) is 18.7 Å². The van der Waals surface area contributed by atoms with Crippen LogP contribution in [-0.2, 0) is 0 Å². The largest absolute Gasteiger partial charge is 0.307 e. The van der Waals surface area contributed by atoms with Crippen LogP contribution >= 0.6 is 12.6 Å². The van der Waals surface area contributed by atoms with Gasteiger partial charge in [0.05, 0.1) is 12.5 Å². The third-order valence-corrected chi connectivity index (χ3v) is 3.49. The summed E-state index contributed by atoms with van der Waals surface area (Å²) in [6.45, 7) is 2.27. The topological polar surface area (TPSA) is 44.1 Å². The Labute approximate surface area is 130 Å². The van der Waals surface area contributed by atoms with Crippen molar-refractivity contribution in [3.63, 3.8) is 0 Å². The van der Waals surface area contributed by atoms with E-state index in [1.54, 1.807) is 11.0 Å². The van der Waals surface area contributed by atoms with Gasteiger partial charge in [0.15, 0.2) is 0 Å². The summed E-state index contributed by atoms with van der Waals surface area (Å²) < 4.78 is 0. The van der Waals surface area contributed by atoms with Crippen LogP contribution < -0.4 is 4.90 Å². The highest BCUT2D eigenvalue weighted by Crippen LogP contribution is 2.21. The predicted octanol–water partition coefficient (Wildman–Crippen LogP) is 3.84. The molecule has 0 aromatic heterocycles. The van der Waals surface area contributed by atoms with Gasteiger partial charge in [-0.3, -0.25) is 4.79 Å². The Morgan fingerprint density at radius 2 is 1.95 bits per heavy atom. The average molecular weight is 296 g/mol. The van der Waals surface area contributed by atoms with Gasteiger partial charge >= 0.3 is 0 Å². The number of rotatable bonds is 4. The molecule has 0 N–H and O–H groups in total. The number of hydrogen-bond donors (Lipinski definition) is 1. The molecule has 106 valence electrons. The van der Waals surface area contributed by atoms with E-state index in [0.29, 0.717) is 18.5 Å². The number of aryl methyl sites for hydroxylation is 1. The molecule has 0 saturated heterocycles. The van der Waals surface area contributed by atoms with Crippen molar-refractivity contribution in [2.75, 3.05) is 11.4 Å². The number of nitriles is 1. The summed E-state index contributed by atoms with van der Waals surface area (Å²) >= 11 is 4.30. The maximum Gasteiger partial charge on any atom is 0.258 e. The van der Waals surface area contributed by atoms with Crippen LogP contribution in [-0.4, -0.2) is 12.5 Å². The minimum atomic E-state index is -0.107. The van der Waals surface area contributed by atoms with Gasteiger partial charge in [0.1, 0.15) is 0 Å².